The molecule has 1 aliphatic carbocycles. The fraction of sp³-hybridized carbons (Fsp3) is 0.818. The van der Waals surface area contributed by atoms with Gasteiger partial charge in [0, 0.05) is 13.0 Å². The minimum atomic E-state index is -0.852. The van der Waals surface area contributed by atoms with E-state index in [1.54, 1.807) is 4.90 Å². The van der Waals surface area contributed by atoms with Crippen molar-refractivity contribution in [1.29, 1.82) is 0 Å². The van der Waals surface area contributed by atoms with Gasteiger partial charge in [0.2, 0.25) is 5.91 Å². The number of carboxylic acids is 1. The first-order valence-electron chi connectivity index (χ1n) is 5.71. The molecule has 0 aromatic heterocycles. The lowest BCUT2D eigenvalue weighted by molar-refractivity contribution is -0.148. The molecule has 1 N–H and O–H groups in total. The molecule has 0 aromatic rings. The third-order valence-corrected chi connectivity index (χ3v) is 3.55. The zero-order valence-electron chi connectivity index (χ0n) is 8.82. The van der Waals surface area contributed by atoms with E-state index in [4.69, 9.17) is 5.11 Å². The molecule has 2 aliphatic rings. The number of hydrogen-bond donors (Lipinski definition) is 1. The van der Waals surface area contributed by atoms with E-state index in [0.717, 1.165) is 19.3 Å². The molecule has 4 nitrogen and oxygen atoms in total. The maximum atomic E-state index is 11.8. The summed E-state index contributed by atoms with van der Waals surface area (Å²) < 4.78 is 0. The molecule has 1 heterocycles. The second-order valence-corrected chi connectivity index (χ2v) is 4.58. The van der Waals surface area contributed by atoms with E-state index >= 15 is 0 Å². The van der Waals surface area contributed by atoms with Crippen LogP contribution < -0.4 is 0 Å². The summed E-state index contributed by atoms with van der Waals surface area (Å²) in [6.07, 6.45) is 5.50. The smallest absolute Gasteiger partial charge is 0.326 e. The summed E-state index contributed by atoms with van der Waals surface area (Å²) in [5.41, 5.74) is 0. The molecule has 2 rings (SSSR count). The Bertz CT molecular complexity index is 273. The lowest BCUT2D eigenvalue weighted by Gasteiger charge is -2.28. The molecular weight excluding hydrogens is 194 g/mol. The van der Waals surface area contributed by atoms with Crippen LogP contribution in [0.15, 0.2) is 0 Å². The maximum Gasteiger partial charge on any atom is 0.326 e. The van der Waals surface area contributed by atoms with E-state index in [1.165, 1.54) is 6.42 Å². The van der Waals surface area contributed by atoms with E-state index in [2.05, 4.69) is 0 Å². The van der Waals surface area contributed by atoms with Gasteiger partial charge in [0.05, 0.1) is 0 Å². The summed E-state index contributed by atoms with van der Waals surface area (Å²) in [5, 5.41) is 8.94. The highest BCUT2D eigenvalue weighted by atomic mass is 16.4. The molecule has 1 aliphatic heterocycles. The van der Waals surface area contributed by atoms with Gasteiger partial charge in [0.15, 0.2) is 0 Å². The molecule has 0 aromatic carbocycles. The first-order valence-corrected chi connectivity index (χ1v) is 5.71. The largest absolute Gasteiger partial charge is 0.480 e. The van der Waals surface area contributed by atoms with E-state index in [0.29, 0.717) is 25.3 Å². The molecule has 1 saturated heterocycles. The van der Waals surface area contributed by atoms with Crippen LogP contribution in [0.1, 0.15) is 38.5 Å². The minimum Gasteiger partial charge on any atom is -0.480 e. The molecule has 2 fully saturated rings. The number of hydrogen-bond acceptors (Lipinski definition) is 2. The fourth-order valence-corrected chi connectivity index (χ4v) is 2.38. The van der Waals surface area contributed by atoms with Crippen LogP contribution in [0.5, 0.6) is 0 Å². The van der Waals surface area contributed by atoms with E-state index < -0.39 is 12.0 Å². The Morgan fingerprint density at radius 2 is 1.93 bits per heavy atom. The summed E-state index contributed by atoms with van der Waals surface area (Å²) in [6.45, 7) is 0.628. The van der Waals surface area contributed by atoms with Gasteiger partial charge >= 0.3 is 5.97 Å². The predicted octanol–water partition coefficient (Wildman–Crippen LogP) is 1.25. The van der Waals surface area contributed by atoms with Crippen LogP contribution in [-0.4, -0.2) is 34.5 Å². The summed E-state index contributed by atoms with van der Waals surface area (Å²) in [4.78, 5) is 24.3. The maximum absolute atomic E-state index is 11.8. The van der Waals surface area contributed by atoms with Gasteiger partial charge in [-0.25, -0.2) is 4.79 Å². The average Bonchev–Trinajstić information content (AvgIpc) is 2.59. The number of aliphatic carboxylic acids is 1. The summed E-state index contributed by atoms with van der Waals surface area (Å²) in [6, 6.07) is -0.558. The molecular formula is C11H17NO3. The van der Waals surface area contributed by atoms with Crippen molar-refractivity contribution in [3.63, 3.8) is 0 Å². The van der Waals surface area contributed by atoms with Crippen molar-refractivity contribution in [3.05, 3.63) is 0 Å². The first-order chi connectivity index (χ1) is 7.18. The SMILES string of the molecule is O=C(O)[C@H]1CCCN1C(=O)CC1CCC1. The van der Waals surface area contributed by atoms with Gasteiger partial charge in [-0.3, -0.25) is 4.79 Å². The Balaban J connectivity index is 1.90. The quantitative estimate of drug-likeness (QED) is 0.764. The molecule has 15 heavy (non-hydrogen) atoms. The third kappa shape index (κ3) is 2.13. The second kappa shape index (κ2) is 4.21. The van der Waals surface area contributed by atoms with Gasteiger partial charge in [-0.1, -0.05) is 6.42 Å². The predicted molar refractivity (Wildman–Crippen MR) is 54.3 cm³/mol. The number of rotatable bonds is 3. The lowest BCUT2D eigenvalue weighted by Crippen LogP contribution is -2.41. The Hall–Kier alpha value is -1.06. The van der Waals surface area contributed by atoms with Gasteiger partial charge in [0.1, 0.15) is 6.04 Å². The van der Waals surface area contributed by atoms with Crippen LogP contribution >= 0.6 is 0 Å². The van der Waals surface area contributed by atoms with Gasteiger partial charge in [0.25, 0.3) is 0 Å². The summed E-state index contributed by atoms with van der Waals surface area (Å²) in [5.74, 6) is -0.286. The number of carbonyl (C=O) groups is 2. The van der Waals surface area contributed by atoms with Crippen LogP contribution in [0, 0.1) is 5.92 Å². The van der Waals surface area contributed by atoms with Crippen LogP contribution in [-0.2, 0) is 9.59 Å². The van der Waals surface area contributed by atoms with Crippen LogP contribution in [0.2, 0.25) is 0 Å². The van der Waals surface area contributed by atoms with Gasteiger partial charge in [-0.2, -0.15) is 0 Å². The van der Waals surface area contributed by atoms with Crippen LogP contribution in [0.4, 0.5) is 0 Å². The zero-order valence-corrected chi connectivity index (χ0v) is 8.82. The normalized spacial score (nSPS) is 26.4. The van der Waals surface area contributed by atoms with Crippen molar-refractivity contribution in [2.75, 3.05) is 6.54 Å². The molecule has 0 radical (unpaired) electrons. The summed E-state index contributed by atoms with van der Waals surface area (Å²) >= 11 is 0. The van der Waals surface area contributed by atoms with Crippen molar-refractivity contribution in [3.8, 4) is 0 Å². The highest BCUT2D eigenvalue weighted by molar-refractivity contribution is 5.84. The number of likely N-dealkylation sites (tertiary alicyclic amines) is 1. The highest BCUT2D eigenvalue weighted by Gasteiger charge is 2.35. The zero-order chi connectivity index (χ0) is 10.8. The highest BCUT2D eigenvalue weighted by Crippen LogP contribution is 2.31. The Kier molecular flexibility index (Phi) is 2.93. The Labute approximate surface area is 89.3 Å². The van der Waals surface area contributed by atoms with Crippen molar-refractivity contribution < 1.29 is 14.7 Å². The molecule has 0 unspecified atom stereocenters. The summed E-state index contributed by atoms with van der Waals surface area (Å²) in [7, 11) is 0. The molecule has 1 amide bonds. The molecule has 84 valence electrons. The van der Waals surface area contributed by atoms with Crippen LogP contribution in [0.3, 0.4) is 0 Å². The monoisotopic (exact) mass is 211 g/mol. The van der Waals surface area contributed by atoms with Gasteiger partial charge < -0.3 is 10.0 Å². The molecule has 0 bridgehead atoms. The van der Waals surface area contributed by atoms with Gasteiger partial charge in [-0.05, 0) is 31.6 Å². The fourth-order valence-electron chi connectivity index (χ4n) is 2.38. The number of nitrogens with zero attached hydrogens (tertiary/aromatic N) is 1. The van der Waals surface area contributed by atoms with E-state index in [-0.39, 0.29) is 5.91 Å². The van der Waals surface area contributed by atoms with Crippen molar-refractivity contribution in [2.45, 2.75) is 44.6 Å². The number of amides is 1. The molecule has 1 saturated carbocycles. The van der Waals surface area contributed by atoms with Crippen molar-refractivity contribution in [2.24, 2.45) is 5.92 Å². The van der Waals surface area contributed by atoms with E-state index in [9.17, 15) is 9.59 Å². The van der Waals surface area contributed by atoms with Crippen molar-refractivity contribution >= 4 is 11.9 Å². The second-order valence-electron chi connectivity index (χ2n) is 4.58. The lowest BCUT2D eigenvalue weighted by atomic mass is 9.82. The topological polar surface area (TPSA) is 57.6 Å². The Morgan fingerprint density at radius 3 is 2.47 bits per heavy atom. The Morgan fingerprint density at radius 1 is 1.20 bits per heavy atom. The molecule has 1 atom stereocenters. The van der Waals surface area contributed by atoms with Gasteiger partial charge in [-0.15, -0.1) is 0 Å². The minimum absolute atomic E-state index is 0.0459. The third-order valence-electron chi connectivity index (χ3n) is 3.55. The number of carboxylic acid groups (broad SMARTS) is 1. The number of carbonyl (C=O) groups excluding carboxylic acids is 1. The standard InChI is InChI=1S/C11H17NO3/c13-10(7-8-3-1-4-8)12-6-2-5-9(12)11(14)15/h8-9H,1-7H2,(H,14,15)/t9-/m1/s1. The molecule has 4 heteroatoms. The average molecular weight is 211 g/mol. The molecule has 0 spiro atoms. The van der Waals surface area contributed by atoms with Crippen LogP contribution in [0.25, 0.3) is 0 Å². The van der Waals surface area contributed by atoms with Crippen molar-refractivity contribution in [1.82, 2.24) is 4.90 Å². The van der Waals surface area contributed by atoms with E-state index in [1.807, 2.05) is 0 Å². The first kappa shape index (κ1) is 10.5.